The fourth-order valence-corrected chi connectivity index (χ4v) is 1.72. The van der Waals surface area contributed by atoms with Crippen molar-refractivity contribution in [1.29, 1.82) is 0 Å². The van der Waals surface area contributed by atoms with Crippen LogP contribution in [0.15, 0.2) is 11.6 Å². The van der Waals surface area contributed by atoms with Crippen LogP contribution >= 0.6 is 0 Å². The molecule has 0 atom stereocenters. The Hall–Kier alpha value is -0.590. The highest BCUT2D eigenvalue weighted by Gasteiger charge is 2.10. The molecule has 0 aromatic heterocycles. The molecular formula is C11H18O. The largest absolute Gasteiger partial charge is 0.295 e. The molecule has 0 N–H and O–H groups in total. The van der Waals surface area contributed by atoms with Crippen molar-refractivity contribution in [2.75, 3.05) is 0 Å². The SMILES string of the molecule is CC/C=C1\CCCCCCC1=O. The molecule has 0 aromatic rings. The third kappa shape index (κ3) is 2.80. The van der Waals surface area contributed by atoms with E-state index in [2.05, 4.69) is 13.0 Å². The van der Waals surface area contributed by atoms with E-state index in [1.807, 2.05) is 0 Å². The summed E-state index contributed by atoms with van der Waals surface area (Å²) in [4.78, 5) is 11.5. The van der Waals surface area contributed by atoms with Crippen LogP contribution in [0.4, 0.5) is 0 Å². The number of carbonyl (C=O) groups excluding carboxylic acids is 1. The molecule has 1 aliphatic rings. The van der Waals surface area contributed by atoms with Gasteiger partial charge in [-0.05, 0) is 31.3 Å². The highest BCUT2D eigenvalue weighted by Crippen LogP contribution is 2.18. The molecule has 1 aliphatic carbocycles. The molecule has 0 amide bonds. The summed E-state index contributed by atoms with van der Waals surface area (Å²) in [5, 5.41) is 0. The quantitative estimate of drug-likeness (QED) is 0.546. The zero-order valence-corrected chi connectivity index (χ0v) is 7.94. The first-order chi connectivity index (χ1) is 5.84. The summed E-state index contributed by atoms with van der Waals surface area (Å²) < 4.78 is 0. The second kappa shape index (κ2) is 5.13. The van der Waals surface area contributed by atoms with Crippen LogP contribution in [0, 0.1) is 0 Å². The van der Waals surface area contributed by atoms with Crippen molar-refractivity contribution in [3.63, 3.8) is 0 Å². The zero-order valence-electron chi connectivity index (χ0n) is 7.94. The molecule has 0 heterocycles. The minimum absolute atomic E-state index is 0.400. The smallest absolute Gasteiger partial charge is 0.158 e. The first kappa shape index (κ1) is 9.50. The van der Waals surface area contributed by atoms with Gasteiger partial charge in [0.1, 0.15) is 0 Å². The maximum atomic E-state index is 11.5. The molecular weight excluding hydrogens is 148 g/mol. The van der Waals surface area contributed by atoms with Gasteiger partial charge in [-0.25, -0.2) is 0 Å². The number of ketones is 1. The Morgan fingerprint density at radius 2 is 1.83 bits per heavy atom. The predicted molar refractivity (Wildman–Crippen MR) is 51.1 cm³/mol. The van der Waals surface area contributed by atoms with E-state index in [0.29, 0.717) is 5.78 Å². The number of allylic oxidation sites excluding steroid dienone is 2. The van der Waals surface area contributed by atoms with Gasteiger partial charge in [0.15, 0.2) is 5.78 Å². The summed E-state index contributed by atoms with van der Waals surface area (Å²) in [5.41, 5.74) is 1.09. The van der Waals surface area contributed by atoms with E-state index in [4.69, 9.17) is 0 Å². The minimum atomic E-state index is 0.400. The van der Waals surface area contributed by atoms with Crippen LogP contribution in [0.25, 0.3) is 0 Å². The summed E-state index contributed by atoms with van der Waals surface area (Å²) in [6, 6.07) is 0. The number of Topliss-reactive ketones (excluding diaryl/α,β-unsaturated/α-hetero) is 1. The molecule has 12 heavy (non-hydrogen) atoms. The normalized spacial score (nSPS) is 23.8. The maximum Gasteiger partial charge on any atom is 0.158 e. The molecule has 0 unspecified atom stereocenters. The zero-order chi connectivity index (χ0) is 8.81. The monoisotopic (exact) mass is 166 g/mol. The molecule has 0 radical (unpaired) electrons. The fourth-order valence-electron chi connectivity index (χ4n) is 1.72. The Bertz CT molecular complexity index is 179. The van der Waals surface area contributed by atoms with Gasteiger partial charge in [-0.1, -0.05) is 25.8 Å². The van der Waals surface area contributed by atoms with Crippen molar-refractivity contribution in [1.82, 2.24) is 0 Å². The average Bonchev–Trinajstić information content (AvgIpc) is 2.05. The molecule has 0 saturated heterocycles. The second-order valence-corrected chi connectivity index (χ2v) is 3.48. The van der Waals surface area contributed by atoms with E-state index in [9.17, 15) is 4.79 Å². The van der Waals surface area contributed by atoms with Crippen LogP contribution in [0.3, 0.4) is 0 Å². The van der Waals surface area contributed by atoms with Crippen LogP contribution in [-0.2, 0) is 4.79 Å². The maximum absolute atomic E-state index is 11.5. The summed E-state index contributed by atoms with van der Waals surface area (Å²) in [7, 11) is 0. The Morgan fingerprint density at radius 1 is 1.17 bits per heavy atom. The van der Waals surface area contributed by atoms with Gasteiger partial charge in [0, 0.05) is 6.42 Å². The first-order valence-electron chi connectivity index (χ1n) is 5.07. The van der Waals surface area contributed by atoms with Crippen molar-refractivity contribution in [2.24, 2.45) is 0 Å². The van der Waals surface area contributed by atoms with Gasteiger partial charge < -0.3 is 0 Å². The van der Waals surface area contributed by atoms with Gasteiger partial charge in [0.2, 0.25) is 0 Å². The second-order valence-electron chi connectivity index (χ2n) is 3.48. The van der Waals surface area contributed by atoms with Crippen molar-refractivity contribution in [3.05, 3.63) is 11.6 Å². The Balaban J connectivity index is 2.55. The van der Waals surface area contributed by atoms with Gasteiger partial charge in [-0.2, -0.15) is 0 Å². The standard InChI is InChI=1S/C11H18O/c1-2-7-10-8-5-3-4-6-9-11(10)12/h7H,2-6,8-9H2,1H3/b10-7+. The van der Waals surface area contributed by atoms with Gasteiger partial charge in [0.05, 0.1) is 0 Å². The number of hydrogen-bond donors (Lipinski definition) is 0. The summed E-state index contributed by atoms with van der Waals surface area (Å²) in [6.45, 7) is 2.10. The number of hydrogen-bond acceptors (Lipinski definition) is 1. The molecule has 1 heteroatoms. The van der Waals surface area contributed by atoms with E-state index in [1.165, 1.54) is 19.3 Å². The van der Waals surface area contributed by atoms with Crippen molar-refractivity contribution in [2.45, 2.75) is 51.9 Å². The molecule has 1 nitrogen and oxygen atoms in total. The lowest BCUT2D eigenvalue weighted by molar-refractivity contribution is -0.116. The third-order valence-corrected chi connectivity index (χ3v) is 2.41. The molecule has 1 saturated carbocycles. The topological polar surface area (TPSA) is 17.1 Å². The average molecular weight is 166 g/mol. The number of rotatable bonds is 1. The van der Waals surface area contributed by atoms with Gasteiger partial charge >= 0.3 is 0 Å². The molecule has 1 fully saturated rings. The summed E-state index contributed by atoms with van der Waals surface area (Å²) >= 11 is 0. The number of carbonyl (C=O) groups is 1. The molecule has 0 aliphatic heterocycles. The molecule has 68 valence electrons. The molecule has 0 aromatic carbocycles. The predicted octanol–water partition coefficient (Wildman–Crippen LogP) is 3.25. The Kier molecular flexibility index (Phi) is 4.06. The van der Waals surface area contributed by atoms with Crippen LogP contribution in [-0.4, -0.2) is 5.78 Å². The van der Waals surface area contributed by atoms with Crippen molar-refractivity contribution in [3.8, 4) is 0 Å². The molecule has 1 rings (SSSR count). The van der Waals surface area contributed by atoms with Gasteiger partial charge in [-0.15, -0.1) is 0 Å². The lowest BCUT2D eigenvalue weighted by Gasteiger charge is -2.10. The third-order valence-electron chi connectivity index (χ3n) is 2.41. The van der Waals surface area contributed by atoms with Crippen LogP contribution in [0.1, 0.15) is 51.9 Å². The van der Waals surface area contributed by atoms with E-state index in [-0.39, 0.29) is 0 Å². The highest BCUT2D eigenvalue weighted by atomic mass is 16.1. The lowest BCUT2D eigenvalue weighted by atomic mass is 9.94. The lowest BCUT2D eigenvalue weighted by Crippen LogP contribution is -2.05. The van der Waals surface area contributed by atoms with Gasteiger partial charge in [0.25, 0.3) is 0 Å². The molecule has 0 bridgehead atoms. The van der Waals surface area contributed by atoms with E-state index in [1.54, 1.807) is 0 Å². The Labute approximate surface area is 74.9 Å². The van der Waals surface area contributed by atoms with Gasteiger partial charge in [-0.3, -0.25) is 4.79 Å². The van der Waals surface area contributed by atoms with Crippen LogP contribution in [0.5, 0.6) is 0 Å². The van der Waals surface area contributed by atoms with E-state index in [0.717, 1.165) is 31.3 Å². The van der Waals surface area contributed by atoms with E-state index >= 15 is 0 Å². The van der Waals surface area contributed by atoms with Crippen molar-refractivity contribution < 1.29 is 4.79 Å². The first-order valence-corrected chi connectivity index (χ1v) is 5.07. The van der Waals surface area contributed by atoms with Crippen LogP contribution in [0.2, 0.25) is 0 Å². The van der Waals surface area contributed by atoms with E-state index < -0.39 is 0 Å². The fraction of sp³-hybridized carbons (Fsp3) is 0.727. The van der Waals surface area contributed by atoms with Crippen molar-refractivity contribution >= 4 is 5.78 Å². The minimum Gasteiger partial charge on any atom is -0.295 e. The summed E-state index contributed by atoms with van der Waals surface area (Å²) in [6.07, 6.45) is 9.75. The highest BCUT2D eigenvalue weighted by molar-refractivity contribution is 5.95. The van der Waals surface area contributed by atoms with Crippen LogP contribution < -0.4 is 0 Å². The Morgan fingerprint density at radius 3 is 2.50 bits per heavy atom. The summed E-state index contributed by atoms with van der Waals surface area (Å²) in [5.74, 6) is 0.400. The molecule has 0 spiro atoms.